The van der Waals surface area contributed by atoms with E-state index in [4.69, 9.17) is 0 Å². The van der Waals surface area contributed by atoms with E-state index in [2.05, 4.69) is 4.98 Å². The van der Waals surface area contributed by atoms with Crippen LogP contribution in [0.2, 0.25) is 0 Å². The average molecular weight is 292 g/mol. The zero-order valence-electron chi connectivity index (χ0n) is 12.4. The van der Waals surface area contributed by atoms with Crippen LogP contribution in [0.3, 0.4) is 0 Å². The average Bonchev–Trinajstić information content (AvgIpc) is 2.52. The van der Waals surface area contributed by atoms with Crippen LogP contribution in [0.4, 0.5) is 0 Å². The van der Waals surface area contributed by atoms with Gasteiger partial charge in [0, 0.05) is 17.2 Å². The van der Waals surface area contributed by atoms with E-state index in [0.717, 1.165) is 27.0 Å². The van der Waals surface area contributed by atoms with Gasteiger partial charge in [-0.15, -0.1) is 0 Å². The van der Waals surface area contributed by atoms with E-state index >= 15 is 0 Å². The fourth-order valence-corrected chi connectivity index (χ4v) is 2.31. The van der Waals surface area contributed by atoms with Gasteiger partial charge in [-0.05, 0) is 42.6 Å². The number of aromatic hydroxyl groups is 1. The van der Waals surface area contributed by atoms with E-state index < -0.39 is 0 Å². The van der Waals surface area contributed by atoms with Crippen molar-refractivity contribution in [3.63, 3.8) is 0 Å². The highest BCUT2D eigenvalue weighted by Crippen LogP contribution is 2.26. The van der Waals surface area contributed by atoms with Gasteiger partial charge in [-0.3, -0.25) is 0 Å². The smallest absolute Gasteiger partial charge is 0.290 e. The normalized spacial score (nSPS) is 10.6. The molecular formula is C18H16N2O2. The number of phenolic OH excluding ortho intramolecular Hbond substituents is 1. The van der Waals surface area contributed by atoms with Crippen molar-refractivity contribution in [2.45, 2.75) is 13.8 Å². The Morgan fingerprint density at radius 2 is 1.64 bits per heavy atom. The first-order valence-electron chi connectivity index (χ1n) is 7.01. The van der Waals surface area contributed by atoms with Crippen LogP contribution in [-0.4, -0.2) is 10.1 Å². The maximum atomic E-state index is 12.0. The van der Waals surface area contributed by atoms with Crippen molar-refractivity contribution in [2.24, 2.45) is 0 Å². The third-order valence-corrected chi connectivity index (χ3v) is 3.65. The van der Waals surface area contributed by atoms with Crippen LogP contribution >= 0.6 is 0 Å². The molecule has 0 aliphatic carbocycles. The molecule has 1 heterocycles. The Labute approximate surface area is 128 Å². The van der Waals surface area contributed by atoms with Crippen LogP contribution in [0.15, 0.2) is 54.9 Å². The molecule has 0 fully saturated rings. The standard InChI is InChI=1S/C18H16N2O2/c1-12-3-5-14(6-4-12)17-10-16(19-11-20(17)22)15-7-8-18(21)13(2)9-15/h3-11,21H,1-2H3. The van der Waals surface area contributed by atoms with E-state index in [0.29, 0.717) is 11.4 Å². The van der Waals surface area contributed by atoms with E-state index in [-0.39, 0.29) is 5.75 Å². The second-order valence-corrected chi connectivity index (χ2v) is 5.35. The molecular weight excluding hydrogens is 276 g/mol. The van der Waals surface area contributed by atoms with E-state index in [1.165, 1.54) is 6.33 Å². The molecule has 0 saturated heterocycles. The molecule has 1 aromatic heterocycles. The predicted molar refractivity (Wildman–Crippen MR) is 85.2 cm³/mol. The van der Waals surface area contributed by atoms with Crippen LogP contribution in [-0.2, 0) is 0 Å². The number of benzene rings is 2. The summed E-state index contributed by atoms with van der Waals surface area (Å²) in [5.41, 5.74) is 4.88. The Hall–Kier alpha value is -2.88. The molecule has 0 amide bonds. The maximum Gasteiger partial charge on any atom is 0.290 e. The van der Waals surface area contributed by atoms with Gasteiger partial charge in [0.1, 0.15) is 11.4 Å². The van der Waals surface area contributed by atoms with Crippen molar-refractivity contribution in [1.29, 1.82) is 0 Å². The molecule has 110 valence electrons. The van der Waals surface area contributed by atoms with E-state index in [1.807, 2.05) is 44.2 Å². The van der Waals surface area contributed by atoms with Crippen molar-refractivity contribution >= 4 is 0 Å². The molecule has 0 unspecified atom stereocenters. The zero-order valence-corrected chi connectivity index (χ0v) is 12.4. The summed E-state index contributed by atoms with van der Waals surface area (Å²) in [5.74, 6) is 0.248. The summed E-state index contributed by atoms with van der Waals surface area (Å²) >= 11 is 0. The van der Waals surface area contributed by atoms with Crippen molar-refractivity contribution in [1.82, 2.24) is 4.98 Å². The Balaban J connectivity index is 2.09. The molecule has 0 aliphatic heterocycles. The summed E-state index contributed by atoms with van der Waals surface area (Å²) < 4.78 is 0.765. The Kier molecular flexibility index (Phi) is 3.51. The molecule has 0 radical (unpaired) electrons. The van der Waals surface area contributed by atoms with Gasteiger partial charge < -0.3 is 10.3 Å². The number of hydrogen-bond donors (Lipinski definition) is 1. The lowest BCUT2D eigenvalue weighted by Crippen LogP contribution is -2.29. The molecule has 4 heteroatoms. The van der Waals surface area contributed by atoms with Crippen LogP contribution < -0.4 is 4.73 Å². The van der Waals surface area contributed by atoms with Crippen LogP contribution in [0, 0.1) is 19.1 Å². The quantitative estimate of drug-likeness (QED) is 0.582. The Morgan fingerprint density at radius 3 is 2.32 bits per heavy atom. The SMILES string of the molecule is Cc1ccc(-c2cc(-c3ccc(O)c(C)c3)nc[n+]2[O-])cc1. The molecule has 0 spiro atoms. The minimum absolute atomic E-state index is 0.248. The molecule has 1 N–H and O–H groups in total. The minimum atomic E-state index is 0.248. The summed E-state index contributed by atoms with van der Waals surface area (Å²) in [6.45, 7) is 3.84. The van der Waals surface area contributed by atoms with Crippen molar-refractivity contribution < 1.29 is 9.84 Å². The Bertz CT molecular complexity index is 827. The number of aromatic nitrogens is 2. The molecule has 0 atom stereocenters. The molecule has 22 heavy (non-hydrogen) atoms. The summed E-state index contributed by atoms with van der Waals surface area (Å²) in [6.07, 6.45) is 1.27. The number of nitrogens with zero attached hydrogens (tertiary/aromatic N) is 2. The lowest BCUT2D eigenvalue weighted by Gasteiger charge is -2.09. The summed E-state index contributed by atoms with van der Waals surface area (Å²) in [4.78, 5) is 4.19. The van der Waals surface area contributed by atoms with Crippen LogP contribution in [0.25, 0.3) is 22.5 Å². The van der Waals surface area contributed by atoms with Gasteiger partial charge in [0.15, 0.2) is 5.69 Å². The van der Waals surface area contributed by atoms with Gasteiger partial charge in [0.05, 0.1) is 0 Å². The molecule has 3 rings (SSSR count). The minimum Gasteiger partial charge on any atom is -0.710 e. The van der Waals surface area contributed by atoms with Crippen LogP contribution in [0.5, 0.6) is 5.75 Å². The third kappa shape index (κ3) is 2.63. The molecule has 0 aliphatic rings. The highest BCUT2D eigenvalue weighted by atomic mass is 16.5. The molecule has 3 aromatic rings. The topological polar surface area (TPSA) is 60.1 Å². The van der Waals surface area contributed by atoms with Crippen molar-refractivity contribution in [2.75, 3.05) is 0 Å². The van der Waals surface area contributed by atoms with Gasteiger partial charge >= 0.3 is 0 Å². The van der Waals surface area contributed by atoms with E-state index in [1.54, 1.807) is 18.2 Å². The Morgan fingerprint density at radius 1 is 0.955 bits per heavy atom. The van der Waals surface area contributed by atoms with Gasteiger partial charge in [-0.25, -0.2) is 4.73 Å². The fourth-order valence-electron chi connectivity index (χ4n) is 2.31. The van der Waals surface area contributed by atoms with Crippen molar-refractivity contribution in [3.8, 4) is 28.3 Å². The predicted octanol–water partition coefficient (Wildman–Crippen LogP) is 3.37. The van der Waals surface area contributed by atoms with Crippen molar-refractivity contribution in [3.05, 3.63) is 71.2 Å². The van der Waals surface area contributed by atoms with Crippen LogP contribution in [0.1, 0.15) is 11.1 Å². The first-order valence-corrected chi connectivity index (χ1v) is 7.01. The lowest BCUT2D eigenvalue weighted by molar-refractivity contribution is -0.597. The van der Waals surface area contributed by atoms with Gasteiger partial charge in [0.25, 0.3) is 6.33 Å². The zero-order chi connectivity index (χ0) is 15.7. The molecule has 2 aromatic carbocycles. The van der Waals surface area contributed by atoms with Gasteiger partial charge in [0.2, 0.25) is 0 Å². The number of hydrogen-bond acceptors (Lipinski definition) is 3. The van der Waals surface area contributed by atoms with Gasteiger partial charge in [-0.1, -0.05) is 29.8 Å². The first kappa shape index (κ1) is 14.1. The fraction of sp³-hybridized carbons (Fsp3) is 0.111. The summed E-state index contributed by atoms with van der Waals surface area (Å²) in [6, 6.07) is 14.8. The van der Waals surface area contributed by atoms with Gasteiger partial charge in [-0.2, -0.15) is 0 Å². The molecule has 0 saturated carbocycles. The highest BCUT2D eigenvalue weighted by molar-refractivity contribution is 5.67. The number of phenols is 1. The number of aryl methyl sites for hydroxylation is 2. The monoisotopic (exact) mass is 292 g/mol. The second kappa shape index (κ2) is 5.48. The number of rotatable bonds is 2. The molecule has 0 bridgehead atoms. The third-order valence-electron chi connectivity index (χ3n) is 3.65. The first-order chi connectivity index (χ1) is 10.5. The summed E-state index contributed by atoms with van der Waals surface area (Å²) in [5, 5.41) is 21.6. The summed E-state index contributed by atoms with van der Waals surface area (Å²) in [7, 11) is 0. The maximum absolute atomic E-state index is 12.0. The second-order valence-electron chi connectivity index (χ2n) is 5.35. The lowest BCUT2D eigenvalue weighted by atomic mass is 10.0. The largest absolute Gasteiger partial charge is 0.710 e. The highest BCUT2D eigenvalue weighted by Gasteiger charge is 2.12. The van der Waals surface area contributed by atoms with E-state index in [9.17, 15) is 10.3 Å². The molecule has 4 nitrogen and oxygen atoms in total.